The first-order valence-corrected chi connectivity index (χ1v) is 6.97. The maximum Gasteiger partial charge on any atom is 0.149 e. The predicted molar refractivity (Wildman–Crippen MR) is 63.9 cm³/mol. The zero-order valence-electron chi connectivity index (χ0n) is 3.92. The Morgan fingerprint density at radius 1 is 0.889 bits per heavy atom. The third kappa shape index (κ3) is 5.17. The van der Waals surface area contributed by atoms with E-state index in [-0.39, 0.29) is 10.7 Å². The Hall–Kier alpha value is 2.88. The van der Waals surface area contributed by atoms with Gasteiger partial charge >= 0.3 is 0 Å². The molecule has 9 heavy (non-hydrogen) atoms. The monoisotopic (exact) mass is 512 g/mol. The van der Waals surface area contributed by atoms with Crippen molar-refractivity contribution in [3.8, 4) is 0 Å². The Morgan fingerprint density at radius 2 is 1.22 bits per heavy atom. The van der Waals surface area contributed by atoms with Crippen molar-refractivity contribution in [3.05, 3.63) is 0 Å². The van der Waals surface area contributed by atoms with Crippen LogP contribution in [-0.4, -0.2) is 10.7 Å². The maximum absolute atomic E-state index is 3.43. The minimum atomic E-state index is -0.259. The highest BCUT2D eigenvalue weighted by molar-refractivity contribution is 9.40. The van der Waals surface area contributed by atoms with Gasteiger partial charge in [0.2, 0.25) is 0 Å². The summed E-state index contributed by atoms with van der Waals surface area (Å²) in [5, 5.41) is 0. The lowest BCUT2D eigenvalue weighted by Crippen LogP contribution is -2.22. The lowest BCUT2D eigenvalue weighted by molar-refractivity contribution is 1.09. The molecule has 0 rings (SSSR count). The third-order valence-electron chi connectivity index (χ3n) is 0.534. The van der Waals surface area contributed by atoms with E-state index in [0.29, 0.717) is 0 Å². The average Bonchev–Trinajstić information content (AvgIpc) is 1.62. The van der Waals surface area contributed by atoms with E-state index in [1.807, 2.05) is 0 Å². The first kappa shape index (κ1) is 11.9. The second-order valence-corrected chi connectivity index (χ2v) is 12.4. The Kier molecular flexibility index (Phi) is 6.33. The summed E-state index contributed by atoms with van der Waals surface area (Å²) >= 11 is 20.3. The fraction of sp³-hybridized carbons (Fsp3) is 1.00. The van der Waals surface area contributed by atoms with Gasteiger partial charge in [0.1, 0.15) is 2.14 Å². The number of hydrogen-bond donors (Lipinski definition) is 0. The van der Waals surface area contributed by atoms with E-state index in [2.05, 4.69) is 95.6 Å². The number of hydrogen-bond acceptors (Lipinski definition) is 0. The van der Waals surface area contributed by atoms with Crippen LogP contribution in [0.1, 0.15) is 0 Å². The van der Waals surface area contributed by atoms with E-state index < -0.39 is 0 Å². The fourth-order valence-corrected chi connectivity index (χ4v) is 3.86. The van der Waals surface area contributed by atoms with Crippen LogP contribution in [0.15, 0.2) is 0 Å². The number of alkyl halides is 6. The maximum atomic E-state index is 3.43. The molecule has 0 aromatic carbocycles. The normalized spacial score (nSPS) is 16.3. The minimum Gasteiger partial charge on any atom is -0.0835 e. The summed E-state index contributed by atoms with van der Waals surface area (Å²) in [6.45, 7) is 0. The third-order valence-corrected chi connectivity index (χ3v) is 7.55. The predicted octanol–water partition coefficient (Wildman–Crippen LogP) is 4.70. The van der Waals surface area contributed by atoms with Gasteiger partial charge in [0.05, 0.1) is 8.56 Å². The molecule has 0 nitrogen and oxygen atoms in total. The van der Waals surface area contributed by atoms with E-state index in [1.54, 1.807) is 0 Å². The molecule has 0 heterocycles. The van der Waals surface area contributed by atoms with Gasteiger partial charge in [-0.05, 0) is 0 Å². The second kappa shape index (κ2) is 4.80. The molecule has 0 aromatic heterocycles. The molecule has 0 bridgehead atoms. The first-order chi connectivity index (χ1) is 3.85. The van der Waals surface area contributed by atoms with Crippen molar-refractivity contribution in [3.63, 3.8) is 0 Å². The van der Waals surface area contributed by atoms with Crippen molar-refractivity contribution >= 4 is 95.6 Å². The number of rotatable bonds is 1. The molecule has 0 saturated carbocycles. The summed E-state index contributed by atoms with van der Waals surface area (Å²) in [5.41, 5.74) is 0. The molecular formula is C3H2Br6. The Labute approximate surface area is 105 Å². The molecular weight excluding hydrogens is 515 g/mol. The molecule has 1 unspecified atom stereocenters. The lowest BCUT2D eigenvalue weighted by atomic mass is 10.6. The molecule has 1 atom stereocenters. The second-order valence-electron chi connectivity index (χ2n) is 1.28. The van der Waals surface area contributed by atoms with Crippen LogP contribution in [0.5, 0.6) is 0 Å². The molecule has 0 aliphatic heterocycles. The molecule has 6 heteroatoms. The zero-order chi connectivity index (χ0) is 7.65. The highest BCUT2D eigenvalue weighted by atomic mass is 80.0. The van der Waals surface area contributed by atoms with Crippen LogP contribution in [0.4, 0.5) is 0 Å². The minimum absolute atomic E-state index is 0.211. The van der Waals surface area contributed by atoms with Gasteiger partial charge in [0, 0.05) is 0 Å². The molecule has 0 fully saturated rings. The molecule has 0 aromatic rings. The SMILES string of the molecule is BrC(Br)C(Br)C(Br)(Br)Br. The highest BCUT2D eigenvalue weighted by Crippen LogP contribution is 2.45. The first-order valence-electron chi connectivity index (χ1n) is 1.84. The molecule has 0 N–H and O–H groups in total. The fourth-order valence-electron chi connectivity index (χ4n) is 0.143. The van der Waals surface area contributed by atoms with Crippen molar-refractivity contribution in [2.45, 2.75) is 10.7 Å². The van der Waals surface area contributed by atoms with E-state index in [4.69, 9.17) is 0 Å². The van der Waals surface area contributed by atoms with Crippen LogP contribution in [0.2, 0.25) is 0 Å². The van der Waals surface area contributed by atoms with Gasteiger partial charge in [0.25, 0.3) is 0 Å². The van der Waals surface area contributed by atoms with Gasteiger partial charge in [-0.1, -0.05) is 95.6 Å². The smallest absolute Gasteiger partial charge is 0.0835 e. The molecule has 0 radical (unpaired) electrons. The summed E-state index contributed by atoms with van der Waals surface area (Å²) in [5.74, 6) is 0. The standard InChI is InChI=1S/C3H2Br6/c4-1(2(5)6)3(7,8)9/h1-2H. The molecule has 56 valence electrons. The van der Waals surface area contributed by atoms with Crippen LogP contribution >= 0.6 is 95.6 Å². The summed E-state index contributed by atoms with van der Waals surface area (Å²) < 4.78 is -0.0480. The molecule has 0 aliphatic carbocycles. The highest BCUT2D eigenvalue weighted by Gasteiger charge is 2.32. The average molecular weight is 517 g/mol. The zero-order valence-corrected chi connectivity index (χ0v) is 13.4. The number of halogens is 6. The topological polar surface area (TPSA) is 0 Å². The van der Waals surface area contributed by atoms with Crippen molar-refractivity contribution in [1.29, 1.82) is 0 Å². The summed E-state index contributed by atoms with van der Waals surface area (Å²) in [6.07, 6.45) is 0. The van der Waals surface area contributed by atoms with Crippen molar-refractivity contribution in [2.24, 2.45) is 0 Å². The van der Waals surface area contributed by atoms with Gasteiger partial charge < -0.3 is 0 Å². The van der Waals surface area contributed by atoms with Crippen LogP contribution in [-0.2, 0) is 0 Å². The lowest BCUT2D eigenvalue weighted by Gasteiger charge is -2.20. The molecule has 0 saturated heterocycles. The van der Waals surface area contributed by atoms with Crippen LogP contribution in [0.3, 0.4) is 0 Å². The van der Waals surface area contributed by atoms with Gasteiger partial charge in [-0.25, -0.2) is 0 Å². The van der Waals surface area contributed by atoms with Gasteiger partial charge in [-0.2, -0.15) is 0 Å². The molecule has 0 amide bonds. The van der Waals surface area contributed by atoms with Gasteiger partial charge in [-0.15, -0.1) is 0 Å². The van der Waals surface area contributed by atoms with Crippen molar-refractivity contribution < 1.29 is 0 Å². The van der Waals surface area contributed by atoms with Crippen molar-refractivity contribution in [2.75, 3.05) is 0 Å². The van der Waals surface area contributed by atoms with E-state index in [0.717, 1.165) is 0 Å². The molecule has 0 spiro atoms. The van der Waals surface area contributed by atoms with Crippen molar-refractivity contribution in [1.82, 2.24) is 0 Å². The van der Waals surface area contributed by atoms with E-state index in [9.17, 15) is 0 Å². The van der Waals surface area contributed by atoms with Crippen LogP contribution in [0, 0.1) is 0 Å². The Morgan fingerprint density at radius 3 is 1.22 bits per heavy atom. The van der Waals surface area contributed by atoms with Gasteiger partial charge in [-0.3, -0.25) is 0 Å². The Bertz CT molecular complexity index is 82.8. The van der Waals surface area contributed by atoms with Gasteiger partial charge in [0.15, 0.2) is 0 Å². The summed E-state index contributed by atoms with van der Waals surface area (Å²) in [6, 6.07) is 0. The van der Waals surface area contributed by atoms with E-state index in [1.165, 1.54) is 0 Å². The van der Waals surface area contributed by atoms with Crippen LogP contribution < -0.4 is 0 Å². The van der Waals surface area contributed by atoms with Crippen LogP contribution in [0.25, 0.3) is 0 Å². The quantitative estimate of drug-likeness (QED) is 0.443. The largest absolute Gasteiger partial charge is 0.149 e. The summed E-state index contributed by atoms with van der Waals surface area (Å²) in [7, 11) is 0. The van der Waals surface area contributed by atoms with E-state index >= 15 is 0 Å². The summed E-state index contributed by atoms with van der Waals surface area (Å²) in [4.78, 5) is 0.213. The molecule has 0 aliphatic rings. The Balaban J connectivity index is 3.88.